The van der Waals surface area contributed by atoms with Gasteiger partial charge < -0.3 is 0 Å². The number of carbonyl (C=O) groups excluding carboxylic acids is 1. The van der Waals surface area contributed by atoms with Crippen molar-refractivity contribution in [2.75, 3.05) is 18.5 Å². The summed E-state index contributed by atoms with van der Waals surface area (Å²) >= 11 is 1.43. The third-order valence-corrected chi connectivity index (χ3v) is 8.02. The van der Waals surface area contributed by atoms with E-state index in [1.807, 2.05) is 24.3 Å². The molecule has 0 bridgehead atoms. The number of sulfonamides is 1. The molecule has 6 nitrogen and oxygen atoms in total. The Labute approximate surface area is 168 Å². The molecular formula is C20H21N3O3S2. The number of hydrogen-bond acceptors (Lipinski definition) is 5. The second-order valence-corrected chi connectivity index (χ2v) is 9.70. The van der Waals surface area contributed by atoms with Crippen molar-refractivity contribution in [1.29, 1.82) is 0 Å². The third kappa shape index (κ3) is 3.43. The number of hydrogen-bond donors (Lipinski definition) is 0. The Morgan fingerprint density at radius 1 is 1.11 bits per heavy atom. The van der Waals surface area contributed by atoms with Crippen LogP contribution in [0.4, 0.5) is 5.13 Å². The summed E-state index contributed by atoms with van der Waals surface area (Å²) in [5.74, 6) is -0.238. The Bertz CT molecular complexity index is 1060. The number of anilines is 1. The quantitative estimate of drug-likeness (QED) is 0.654. The highest BCUT2D eigenvalue weighted by Gasteiger charge is 2.39. The zero-order chi connectivity index (χ0) is 19.7. The van der Waals surface area contributed by atoms with Crippen LogP contribution >= 0.6 is 11.3 Å². The van der Waals surface area contributed by atoms with E-state index in [0.717, 1.165) is 23.1 Å². The zero-order valence-corrected chi connectivity index (χ0v) is 17.1. The fraction of sp³-hybridized carbons (Fsp3) is 0.300. The van der Waals surface area contributed by atoms with Crippen LogP contribution in [0.1, 0.15) is 19.3 Å². The molecular weight excluding hydrogens is 394 g/mol. The van der Waals surface area contributed by atoms with E-state index in [9.17, 15) is 13.2 Å². The van der Waals surface area contributed by atoms with Gasteiger partial charge in [0.05, 0.1) is 15.1 Å². The lowest BCUT2D eigenvalue weighted by atomic mass is 10.0. The number of piperidine rings is 1. The predicted molar refractivity (Wildman–Crippen MR) is 111 cm³/mol. The number of thiazole rings is 1. The number of rotatable bonds is 4. The molecule has 0 N–H and O–H groups in total. The van der Waals surface area contributed by atoms with E-state index in [0.29, 0.717) is 18.1 Å². The largest absolute Gasteiger partial charge is 0.290 e. The van der Waals surface area contributed by atoms with Gasteiger partial charge in [-0.05, 0) is 37.1 Å². The van der Waals surface area contributed by atoms with Gasteiger partial charge in [0, 0.05) is 13.6 Å². The zero-order valence-electron chi connectivity index (χ0n) is 15.5. The fourth-order valence-electron chi connectivity index (χ4n) is 3.49. The van der Waals surface area contributed by atoms with Gasteiger partial charge in [0.1, 0.15) is 6.04 Å². The third-order valence-electron chi connectivity index (χ3n) is 4.99. The lowest BCUT2D eigenvalue weighted by Crippen LogP contribution is -2.52. The van der Waals surface area contributed by atoms with Gasteiger partial charge in [-0.25, -0.2) is 13.4 Å². The number of amides is 1. The molecule has 0 saturated carbocycles. The molecule has 146 valence electrons. The summed E-state index contributed by atoms with van der Waals surface area (Å²) in [7, 11) is -2.06. The number of aromatic nitrogens is 1. The Hall–Kier alpha value is -2.29. The predicted octanol–water partition coefficient (Wildman–Crippen LogP) is 3.50. The van der Waals surface area contributed by atoms with Crippen molar-refractivity contribution in [3.05, 3.63) is 54.6 Å². The molecule has 8 heteroatoms. The van der Waals surface area contributed by atoms with Gasteiger partial charge in [0.15, 0.2) is 5.13 Å². The van der Waals surface area contributed by atoms with Crippen molar-refractivity contribution < 1.29 is 13.2 Å². The maximum absolute atomic E-state index is 13.3. The van der Waals surface area contributed by atoms with Crippen molar-refractivity contribution in [3.8, 4) is 0 Å². The Kier molecular flexibility index (Phi) is 5.18. The van der Waals surface area contributed by atoms with E-state index in [4.69, 9.17) is 0 Å². The molecule has 1 unspecified atom stereocenters. The molecule has 1 aliphatic heterocycles. The molecule has 1 amide bonds. The topological polar surface area (TPSA) is 70.6 Å². The molecule has 0 aliphatic carbocycles. The Morgan fingerprint density at radius 3 is 2.57 bits per heavy atom. The number of likely N-dealkylation sites (N-methyl/N-ethyl adjacent to an activating group) is 1. The van der Waals surface area contributed by atoms with E-state index in [1.54, 1.807) is 37.4 Å². The highest BCUT2D eigenvalue weighted by atomic mass is 32.2. The average Bonchev–Trinajstić information content (AvgIpc) is 3.17. The first-order valence-electron chi connectivity index (χ1n) is 9.18. The van der Waals surface area contributed by atoms with Gasteiger partial charge in [-0.1, -0.05) is 48.1 Å². The van der Waals surface area contributed by atoms with E-state index < -0.39 is 16.1 Å². The fourth-order valence-corrected chi connectivity index (χ4v) is 6.09. The minimum atomic E-state index is -3.73. The molecule has 2 heterocycles. The van der Waals surface area contributed by atoms with Gasteiger partial charge in [0.2, 0.25) is 15.9 Å². The standard InChI is InChI=1S/C20H21N3O3S2/c1-22(20-21-16-11-5-6-13-18(16)27-20)19(24)17-12-7-8-14-23(17)28(25,26)15-9-3-2-4-10-15/h2-6,9-11,13,17H,7-8,12,14H2,1H3. The van der Waals surface area contributed by atoms with Gasteiger partial charge in [-0.15, -0.1) is 0 Å². The smallest absolute Gasteiger partial charge is 0.246 e. The SMILES string of the molecule is CN(C(=O)C1CCCCN1S(=O)(=O)c1ccccc1)c1nc2ccccc2s1. The van der Waals surface area contributed by atoms with E-state index in [1.165, 1.54) is 20.5 Å². The van der Waals surface area contributed by atoms with Gasteiger partial charge in [-0.2, -0.15) is 4.31 Å². The molecule has 1 aromatic heterocycles. The summed E-state index contributed by atoms with van der Waals surface area (Å²) in [4.78, 5) is 19.5. The maximum Gasteiger partial charge on any atom is 0.246 e. The number of benzene rings is 2. The second-order valence-electron chi connectivity index (χ2n) is 6.80. The summed E-state index contributed by atoms with van der Waals surface area (Å²) < 4.78 is 28.6. The molecule has 0 radical (unpaired) electrons. The van der Waals surface area contributed by atoms with Crippen LogP contribution in [-0.2, 0) is 14.8 Å². The summed E-state index contributed by atoms with van der Waals surface area (Å²) in [5.41, 5.74) is 0.833. The first-order valence-corrected chi connectivity index (χ1v) is 11.4. The number of nitrogens with zero attached hydrogens (tertiary/aromatic N) is 3. The van der Waals surface area contributed by atoms with Crippen molar-refractivity contribution in [2.45, 2.75) is 30.2 Å². The van der Waals surface area contributed by atoms with Crippen LogP contribution in [0.25, 0.3) is 10.2 Å². The summed E-state index contributed by atoms with van der Waals surface area (Å²) in [5, 5.41) is 0.578. The molecule has 1 atom stereocenters. The van der Waals surface area contributed by atoms with Crippen molar-refractivity contribution >= 4 is 42.6 Å². The van der Waals surface area contributed by atoms with Crippen LogP contribution in [0, 0.1) is 0 Å². The van der Waals surface area contributed by atoms with Crippen LogP contribution < -0.4 is 4.90 Å². The van der Waals surface area contributed by atoms with Crippen LogP contribution in [-0.4, -0.2) is 43.2 Å². The number of carbonyl (C=O) groups is 1. The Morgan fingerprint density at radius 2 is 1.82 bits per heavy atom. The average molecular weight is 416 g/mol. The molecule has 1 fully saturated rings. The molecule has 0 spiro atoms. The van der Waals surface area contributed by atoms with Crippen molar-refractivity contribution in [3.63, 3.8) is 0 Å². The van der Waals surface area contributed by atoms with Gasteiger partial charge >= 0.3 is 0 Å². The summed E-state index contributed by atoms with van der Waals surface area (Å²) in [6.45, 7) is 0.349. The van der Waals surface area contributed by atoms with Crippen LogP contribution in [0.2, 0.25) is 0 Å². The van der Waals surface area contributed by atoms with Crippen LogP contribution in [0.15, 0.2) is 59.5 Å². The number of fused-ring (bicyclic) bond motifs is 1. The minimum absolute atomic E-state index is 0.220. The number of para-hydroxylation sites is 1. The highest BCUT2D eigenvalue weighted by molar-refractivity contribution is 7.89. The summed E-state index contributed by atoms with van der Waals surface area (Å²) in [6, 6.07) is 15.3. The van der Waals surface area contributed by atoms with Crippen molar-refractivity contribution in [2.24, 2.45) is 0 Å². The monoisotopic (exact) mass is 415 g/mol. The first-order chi connectivity index (χ1) is 13.5. The second kappa shape index (κ2) is 7.62. The molecule has 1 saturated heterocycles. The molecule has 1 aliphatic rings. The Balaban J connectivity index is 1.64. The maximum atomic E-state index is 13.3. The van der Waals surface area contributed by atoms with E-state index in [-0.39, 0.29) is 10.8 Å². The lowest BCUT2D eigenvalue weighted by molar-refractivity contribution is -0.122. The van der Waals surface area contributed by atoms with Gasteiger partial charge in [-0.3, -0.25) is 9.69 Å². The van der Waals surface area contributed by atoms with Crippen LogP contribution in [0.5, 0.6) is 0 Å². The van der Waals surface area contributed by atoms with Crippen molar-refractivity contribution in [1.82, 2.24) is 9.29 Å². The van der Waals surface area contributed by atoms with Crippen LogP contribution in [0.3, 0.4) is 0 Å². The van der Waals surface area contributed by atoms with E-state index in [2.05, 4.69) is 4.98 Å². The molecule has 4 rings (SSSR count). The normalized spacial score (nSPS) is 18.2. The van der Waals surface area contributed by atoms with Gasteiger partial charge in [0.25, 0.3) is 0 Å². The molecule has 28 heavy (non-hydrogen) atoms. The van der Waals surface area contributed by atoms with E-state index >= 15 is 0 Å². The highest BCUT2D eigenvalue weighted by Crippen LogP contribution is 2.31. The first kappa shape index (κ1) is 19.0. The molecule has 3 aromatic rings. The molecule has 2 aromatic carbocycles. The summed E-state index contributed by atoms with van der Waals surface area (Å²) in [6.07, 6.45) is 2.09. The minimum Gasteiger partial charge on any atom is -0.290 e. The lowest BCUT2D eigenvalue weighted by Gasteiger charge is -2.35.